The fraction of sp³-hybridized carbons (Fsp3) is 0.647. The molecule has 0 saturated heterocycles. The number of rotatable bonds is 9. The van der Waals surface area contributed by atoms with Gasteiger partial charge in [0.25, 0.3) is 0 Å². The zero-order valence-corrected chi connectivity index (χ0v) is 13.7. The molecule has 3 nitrogen and oxygen atoms in total. The van der Waals surface area contributed by atoms with Gasteiger partial charge in [-0.15, -0.1) is 0 Å². The quantitative estimate of drug-likeness (QED) is 0.703. The Bertz CT molecular complexity index is 389. The van der Waals surface area contributed by atoms with E-state index in [0.29, 0.717) is 0 Å². The van der Waals surface area contributed by atoms with Gasteiger partial charge in [-0.1, -0.05) is 26.0 Å². The molecule has 0 aromatic heterocycles. The second kappa shape index (κ2) is 8.98. The largest absolute Gasteiger partial charge is 0.489 e. The first-order valence-electron chi connectivity index (χ1n) is 7.73. The average molecular weight is 278 g/mol. The molecule has 0 aliphatic heterocycles. The maximum absolute atomic E-state index is 6.01. The van der Waals surface area contributed by atoms with Gasteiger partial charge in [0.2, 0.25) is 0 Å². The molecule has 3 heteroatoms. The molecule has 1 N–H and O–H groups in total. The Labute approximate surface area is 124 Å². The molecule has 0 aliphatic carbocycles. The third kappa shape index (κ3) is 5.93. The molecule has 114 valence electrons. The monoisotopic (exact) mass is 278 g/mol. The van der Waals surface area contributed by atoms with Crippen LogP contribution >= 0.6 is 0 Å². The molecule has 0 spiro atoms. The minimum atomic E-state index is 0.187. The first-order valence-corrected chi connectivity index (χ1v) is 7.73. The molecule has 0 amide bonds. The lowest BCUT2D eigenvalue weighted by Gasteiger charge is -2.20. The molecular weight excluding hydrogens is 248 g/mol. The smallest absolute Gasteiger partial charge is 0.122 e. The summed E-state index contributed by atoms with van der Waals surface area (Å²) in [5.41, 5.74) is 2.44. The number of aryl methyl sites for hydroxylation is 2. The number of hydrogen-bond acceptors (Lipinski definition) is 3. The SMILES string of the molecule is CCN(CC)CCNC[C@H](C)Oc1cc(C)ccc1C. The Morgan fingerprint density at radius 1 is 1.20 bits per heavy atom. The minimum Gasteiger partial charge on any atom is -0.489 e. The highest BCUT2D eigenvalue weighted by Crippen LogP contribution is 2.20. The highest BCUT2D eigenvalue weighted by Gasteiger charge is 2.06. The molecular formula is C17H30N2O. The van der Waals surface area contributed by atoms with Crippen molar-refractivity contribution in [3.05, 3.63) is 29.3 Å². The van der Waals surface area contributed by atoms with E-state index in [0.717, 1.165) is 38.5 Å². The Morgan fingerprint density at radius 2 is 1.90 bits per heavy atom. The summed E-state index contributed by atoms with van der Waals surface area (Å²) >= 11 is 0. The maximum atomic E-state index is 6.01. The van der Waals surface area contributed by atoms with Gasteiger partial charge >= 0.3 is 0 Å². The standard InChI is InChI=1S/C17H30N2O/c1-6-19(7-2)11-10-18-13-16(5)20-17-12-14(3)8-9-15(17)4/h8-9,12,16,18H,6-7,10-11,13H2,1-5H3/t16-/m0/s1. The summed E-state index contributed by atoms with van der Waals surface area (Å²) in [5, 5.41) is 3.47. The van der Waals surface area contributed by atoms with E-state index in [-0.39, 0.29) is 6.10 Å². The normalized spacial score (nSPS) is 12.7. The van der Waals surface area contributed by atoms with Crippen molar-refractivity contribution in [2.24, 2.45) is 0 Å². The summed E-state index contributed by atoms with van der Waals surface area (Å²) in [5.74, 6) is 1.00. The number of nitrogens with one attached hydrogen (secondary N) is 1. The number of nitrogens with zero attached hydrogens (tertiary/aromatic N) is 1. The summed E-state index contributed by atoms with van der Waals surface area (Å²) in [6.45, 7) is 16.0. The molecule has 20 heavy (non-hydrogen) atoms. The van der Waals surface area contributed by atoms with Crippen molar-refractivity contribution in [3.8, 4) is 5.75 Å². The lowest BCUT2D eigenvalue weighted by atomic mass is 10.1. The van der Waals surface area contributed by atoms with Gasteiger partial charge in [-0.05, 0) is 51.1 Å². The van der Waals surface area contributed by atoms with Crippen LogP contribution in [0.4, 0.5) is 0 Å². The Kier molecular flexibility index (Phi) is 7.63. The van der Waals surface area contributed by atoms with Crippen LogP contribution in [0.5, 0.6) is 5.75 Å². The van der Waals surface area contributed by atoms with Crippen LogP contribution in [0.1, 0.15) is 31.9 Å². The summed E-state index contributed by atoms with van der Waals surface area (Å²) in [7, 11) is 0. The van der Waals surface area contributed by atoms with Crippen molar-refractivity contribution in [3.63, 3.8) is 0 Å². The lowest BCUT2D eigenvalue weighted by Crippen LogP contribution is -2.36. The van der Waals surface area contributed by atoms with Crippen molar-refractivity contribution in [2.45, 2.75) is 40.7 Å². The van der Waals surface area contributed by atoms with Crippen molar-refractivity contribution in [2.75, 3.05) is 32.7 Å². The van der Waals surface area contributed by atoms with Crippen molar-refractivity contribution in [1.29, 1.82) is 0 Å². The van der Waals surface area contributed by atoms with Gasteiger partial charge in [-0.2, -0.15) is 0 Å². The van der Waals surface area contributed by atoms with E-state index in [4.69, 9.17) is 4.74 Å². The fourth-order valence-corrected chi connectivity index (χ4v) is 2.18. The Morgan fingerprint density at radius 3 is 2.55 bits per heavy atom. The van der Waals surface area contributed by atoms with Crippen LogP contribution in [0.3, 0.4) is 0 Å². The predicted octanol–water partition coefficient (Wildman–Crippen LogP) is 3.00. The van der Waals surface area contributed by atoms with Gasteiger partial charge in [0.15, 0.2) is 0 Å². The number of likely N-dealkylation sites (N-methyl/N-ethyl adjacent to an activating group) is 1. The molecule has 1 aromatic rings. The predicted molar refractivity (Wildman–Crippen MR) is 86.7 cm³/mol. The minimum absolute atomic E-state index is 0.187. The van der Waals surface area contributed by atoms with Crippen LogP contribution < -0.4 is 10.1 Å². The molecule has 1 rings (SSSR count). The topological polar surface area (TPSA) is 24.5 Å². The Balaban J connectivity index is 2.29. The average Bonchev–Trinajstić information content (AvgIpc) is 2.43. The van der Waals surface area contributed by atoms with Gasteiger partial charge in [0.05, 0.1) is 0 Å². The van der Waals surface area contributed by atoms with Crippen LogP contribution in [-0.4, -0.2) is 43.7 Å². The Hall–Kier alpha value is -1.06. The second-order valence-corrected chi connectivity index (χ2v) is 5.43. The molecule has 0 bridgehead atoms. The van der Waals surface area contributed by atoms with E-state index >= 15 is 0 Å². The molecule has 0 fully saturated rings. The summed E-state index contributed by atoms with van der Waals surface area (Å²) in [4.78, 5) is 2.42. The van der Waals surface area contributed by atoms with E-state index in [9.17, 15) is 0 Å². The first kappa shape index (κ1) is 17.0. The van der Waals surface area contributed by atoms with Crippen LogP contribution in [0.25, 0.3) is 0 Å². The van der Waals surface area contributed by atoms with Crippen molar-refractivity contribution in [1.82, 2.24) is 10.2 Å². The van der Waals surface area contributed by atoms with Gasteiger partial charge < -0.3 is 15.0 Å². The fourth-order valence-electron chi connectivity index (χ4n) is 2.18. The molecule has 0 radical (unpaired) electrons. The maximum Gasteiger partial charge on any atom is 0.122 e. The molecule has 0 saturated carbocycles. The summed E-state index contributed by atoms with van der Waals surface area (Å²) < 4.78 is 6.01. The van der Waals surface area contributed by atoms with Gasteiger partial charge in [0.1, 0.15) is 11.9 Å². The van der Waals surface area contributed by atoms with Gasteiger partial charge in [0, 0.05) is 19.6 Å². The van der Waals surface area contributed by atoms with Crippen LogP contribution in [-0.2, 0) is 0 Å². The van der Waals surface area contributed by atoms with E-state index < -0.39 is 0 Å². The van der Waals surface area contributed by atoms with E-state index in [1.165, 1.54) is 11.1 Å². The van der Waals surface area contributed by atoms with Gasteiger partial charge in [-0.25, -0.2) is 0 Å². The zero-order chi connectivity index (χ0) is 15.0. The number of benzene rings is 1. The third-order valence-corrected chi connectivity index (χ3v) is 3.60. The summed E-state index contributed by atoms with van der Waals surface area (Å²) in [6.07, 6.45) is 0.187. The van der Waals surface area contributed by atoms with E-state index in [1.54, 1.807) is 0 Å². The van der Waals surface area contributed by atoms with Crippen molar-refractivity contribution >= 4 is 0 Å². The molecule has 0 aliphatic rings. The van der Waals surface area contributed by atoms with Crippen LogP contribution in [0, 0.1) is 13.8 Å². The molecule has 0 unspecified atom stereocenters. The van der Waals surface area contributed by atoms with Crippen LogP contribution in [0.15, 0.2) is 18.2 Å². The van der Waals surface area contributed by atoms with Crippen molar-refractivity contribution < 1.29 is 4.74 Å². The lowest BCUT2D eigenvalue weighted by molar-refractivity contribution is 0.211. The highest BCUT2D eigenvalue weighted by atomic mass is 16.5. The van der Waals surface area contributed by atoms with Gasteiger partial charge in [-0.3, -0.25) is 0 Å². The molecule has 1 aromatic carbocycles. The summed E-state index contributed by atoms with van der Waals surface area (Å²) in [6, 6.07) is 6.35. The first-order chi connectivity index (χ1) is 9.56. The zero-order valence-electron chi connectivity index (χ0n) is 13.7. The van der Waals surface area contributed by atoms with Crippen LogP contribution in [0.2, 0.25) is 0 Å². The third-order valence-electron chi connectivity index (χ3n) is 3.60. The number of ether oxygens (including phenoxy) is 1. The van der Waals surface area contributed by atoms with E-state index in [2.05, 4.69) is 63.0 Å². The molecule has 1 atom stereocenters. The number of hydrogen-bond donors (Lipinski definition) is 1. The highest BCUT2D eigenvalue weighted by molar-refractivity contribution is 5.36. The second-order valence-electron chi connectivity index (χ2n) is 5.43. The van der Waals surface area contributed by atoms with E-state index in [1.807, 2.05) is 0 Å². The molecule has 0 heterocycles.